The lowest BCUT2D eigenvalue weighted by Crippen LogP contribution is -2.51. The molecule has 1 N–H and O–H groups in total. The number of benzene rings is 1. The number of hydrogen-bond donors (Lipinski definition) is 1. The molecule has 1 amide bonds. The Morgan fingerprint density at radius 1 is 1.42 bits per heavy atom. The molecule has 0 atom stereocenters. The molecule has 1 aromatic rings. The molecule has 0 bridgehead atoms. The number of halogens is 2. The highest BCUT2D eigenvalue weighted by Gasteiger charge is 2.31. The predicted octanol–water partition coefficient (Wildman–Crippen LogP) is 3.32. The van der Waals surface area contributed by atoms with Crippen molar-refractivity contribution >= 4 is 33.4 Å². The number of amides is 1. The number of carbonyl (C=O) groups is 1. The lowest BCUT2D eigenvalue weighted by Gasteiger charge is -2.39. The van der Waals surface area contributed by atoms with Crippen LogP contribution >= 0.6 is 27.5 Å². The molecule has 1 fully saturated rings. The number of rotatable bonds is 2. The molecule has 1 aliphatic heterocycles. The molecule has 1 aromatic carbocycles. The highest BCUT2D eigenvalue weighted by molar-refractivity contribution is 9.10. The molecular weight excluding hydrogens is 328 g/mol. The monoisotopic (exact) mass is 344 g/mol. The first-order valence-corrected chi connectivity index (χ1v) is 7.56. The van der Waals surface area contributed by atoms with Gasteiger partial charge in [0, 0.05) is 23.1 Å². The molecule has 1 saturated heterocycles. The van der Waals surface area contributed by atoms with Gasteiger partial charge in [0.2, 0.25) is 0 Å². The Hall–Kier alpha value is -0.580. The summed E-state index contributed by atoms with van der Waals surface area (Å²) in [7, 11) is 1.97. The molecule has 0 aliphatic carbocycles. The van der Waals surface area contributed by atoms with E-state index in [1.165, 1.54) is 0 Å². The minimum absolute atomic E-state index is 0.0180. The second-order valence-electron chi connectivity index (χ2n) is 5.20. The number of likely N-dealkylation sites (tertiary alicyclic amines) is 1. The van der Waals surface area contributed by atoms with Gasteiger partial charge in [-0.05, 0) is 54.9 Å². The summed E-state index contributed by atoms with van der Waals surface area (Å²) < 4.78 is 0.761. The molecule has 104 valence electrons. The zero-order valence-corrected chi connectivity index (χ0v) is 13.5. The fourth-order valence-corrected chi connectivity index (χ4v) is 2.87. The molecule has 0 aromatic heterocycles. The minimum atomic E-state index is 0.0180. The molecule has 2 rings (SSSR count). The summed E-state index contributed by atoms with van der Waals surface area (Å²) in [6, 6.07) is 5.46. The SMILES string of the molecule is CNC1(C)CCN(C(=O)c2cccc(Br)c2Cl)CC1. The van der Waals surface area contributed by atoms with Gasteiger partial charge in [0.15, 0.2) is 0 Å². The van der Waals surface area contributed by atoms with Crippen LogP contribution in [0.15, 0.2) is 22.7 Å². The summed E-state index contributed by atoms with van der Waals surface area (Å²) in [4.78, 5) is 14.4. The van der Waals surface area contributed by atoms with Crippen LogP contribution in [0.5, 0.6) is 0 Å². The fraction of sp³-hybridized carbons (Fsp3) is 0.500. The third kappa shape index (κ3) is 3.12. The summed E-state index contributed by atoms with van der Waals surface area (Å²) >= 11 is 9.54. The Kier molecular flexibility index (Phi) is 4.54. The van der Waals surface area contributed by atoms with Crippen molar-refractivity contribution in [1.29, 1.82) is 0 Å². The Bertz CT molecular complexity index is 484. The second kappa shape index (κ2) is 5.81. The molecule has 1 aliphatic rings. The van der Waals surface area contributed by atoms with E-state index in [9.17, 15) is 4.79 Å². The smallest absolute Gasteiger partial charge is 0.255 e. The highest BCUT2D eigenvalue weighted by Crippen LogP contribution is 2.29. The molecule has 3 nitrogen and oxygen atoms in total. The maximum atomic E-state index is 12.5. The van der Waals surface area contributed by atoms with Gasteiger partial charge in [-0.1, -0.05) is 17.7 Å². The summed E-state index contributed by atoms with van der Waals surface area (Å²) in [6.07, 6.45) is 1.92. The van der Waals surface area contributed by atoms with Crippen molar-refractivity contribution in [2.75, 3.05) is 20.1 Å². The van der Waals surface area contributed by atoms with E-state index in [0.717, 1.165) is 30.4 Å². The van der Waals surface area contributed by atoms with Crippen molar-refractivity contribution in [3.63, 3.8) is 0 Å². The van der Waals surface area contributed by atoms with Gasteiger partial charge in [-0.3, -0.25) is 4.79 Å². The normalized spacial score (nSPS) is 18.4. The van der Waals surface area contributed by atoms with Gasteiger partial charge in [-0.25, -0.2) is 0 Å². The van der Waals surface area contributed by atoms with Crippen molar-refractivity contribution < 1.29 is 4.79 Å². The summed E-state index contributed by atoms with van der Waals surface area (Å²) in [5.41, 5.74) is 0.710. The minimum Gasteiger partial charge on any atom is -0.338 e. The van der Waals surface area contributed by atoms with Crippen LogP contribution in [-0.2, 0) is 0 Å². The van der Waals surface area contributed by atoms with Gasteiger partial charge in [0.1, 0.15) is 0 Å². The highest BCUT2D eigenvalue weighted by atomic mass is 79.9. The maximum absolute atomic E-state index is 12.5. The first kappa shape index (κ1) is 14.8. The van der Waals surface area contributed by atoms with Gasteiger partial charge in [0.05, 0.1) is 10.6 Å². The fourth-order valence-electron chi connectivity index (χ4n) is 2.29. The van der Waals surface area contributed by atoms with E-state index >= 15 is 0 Å². The summed E-state index contributed by atoms with van der Waals surface area (Å²) in [5.74, 6) is 0.0180. The first-order chi connectivity index (χ1) is 8.97. The number of hydrogen-bond acceptors (Lipinski definition) is 2. The third-order valence-corrected chi connectivity index (χ3v) is 5.24. The molecular formula is C14H18BrClN2O. The molecule has 0 saturated carbocycles. The summed E-state index contributed by atoms with van der Waals surface area (Å²) in [6.45, 7) is 3.72. The van der Waals surface area contributed by atoms with E-state index in [2.05, 4.69) is 28.2 Å². The van der Waals surface area contributed by atoms with Gasteiger partial charge in [-0.2, -0.15) is 0 Å². The molecule has 5 heteroatoms. The molecule has 0 radical (unpaired) electrons. The van der Waals surface area contributed by atoms with Crippen molar-refractivity contribution in [3.8, 4) is 0 Å². The second-order valence-corrected chi connectivity index (χ2v) is 6.44. The zero-order valence-electron chi connectivity index (χ0n) is 11.2. The van der Waals surface area contributed by atoms with Gasteiger partial charge in [-0.15, -0.1) is 0 Å². The third-order valence-electron chi connectivity index (χ3n) is 3.94. The van der Waals surface area contributed by atoms with E-state index < -0.39 is 0 Å². The van der Waals surface area contributed by atoms with Crippen LogP contribution in [0.3, 0.4) is 0 Å². The van der Waals surface area contributed by atoms with Crippen LogP contribution in [0.1, 0.15) is 30.1 Å². The molecule has 0 unspecified atom stereocenters. The van der Waals surface area contributed by atoms with Crippen LogP contribution in [-0.4, -0.2) is 36.5 Å². The van der Waals surface area contributed by atoms with Crippen LogP contribution in [0, 0.1) is 0 Å². The number of carbonyl (C=O) groups excluding carboxylic acids is 1. The van der Waals surface area contributed by atoms with Crippen LogP contribution in [0.25, 0.3) is 0 Å². The molecule has 19 heavy (non-hydrogen) atoms. The lowest BCUT2D eigenvalue weighted by molar-refractivity contribution is 0.0662. The quantitative estimate of drug-likeness (QED) is 0.892. The Morgan fingerprint density at radius 2 is 2.05 bits per heavy atom. The predicted molar refractivity (Wildman–Crippen MR) is 81.8 cm³/mol. The zero-order chi connectivity index (χ0) is 14.0. The van der Waals surface area contributed by atoms with Crippen molar-refractivity contribution in [1.82, 2.24) is 10.2 Å². The largest absolute Gasteiger partial charge is 0.338 e. The topological polar surface area (TPSA) is 32.3 Å². The van der Waals surface area contributed by atoms with E-state index in [-0.39, 0.29) is 11.4 Å². The molecule has 1 heterocycles. The van der Waals surface area contributed by atoms with Crippen molar-refractivity contribution in [2.45, 2.75) is 25.3 Å². The van der Waals surface area contributed by atoms with E-state index in [1.54, 1.807) is 6.07 Å². The standard InChI is InChI=1S/C14H18BrClN2O/c1-14(17-2)6-8-18(9-7-14)13(19)10-4-3-5-11(15)12(10)16/h3-5,17H,6-9H2,1-2H3. The number of piperidine rings is 1. The van der Waals surface area contributed by atoms with E-state index in [0.29, 0.717) is 10.6 Å². The van der Waals surface area contributed by atoms with Crippen molar-refractivity contribution in [2.24, 2.45) is 0 Å². The summed E-state index contributed by atoms with van der Waals surface area (Å²) in [5, 5.41) is 3.82. The van der Waals surface area contributed by atoms with Crippen LogP contribution in [0.4, 0.5) is 0 Å². The van der Waals surface area contributed by atoms with Crippen molar-refractivity contribution in [3.05, 3.63) is 33.3 Å². The molecule has 0 spiro atoms. The van der Waals surface area contributed by atoms with E-state index in [4.69, 9.17) is 11.6 Å². The number of nitrogens with zero attached hydrogens (tertiary/aromatic N) is 1. The Labute approximate surface area is 127 Å². The lowest BCUT2D eigenvalue weighted by atomic mass is 9.89. The Balaban J connectivity index is 2.12. The van der Waals surface area contributed by atoms with Gasteiger partial charge < -0.3 is 10.2 Å². The first-order valence-electron chi connectivity index (χ1n) is 6.39. The average molecular weight is 346 g/mol. The number of nitrogens with one attached hydrogen (secondary N) is 1. The average Bonchev–Trinajstić information content (AvgIpc) is 2.42. The maximum Gasteiger partial charge on any atom is 0.255 e. The van der Waals surface area contributed by atoms with E-state index in [1.807, 2.05) is 24.1 Å². The van der Waals surface area contributed by atoms with Crippen LogP contribution in [0.2, 0.25) is 5.02 Å². The van der Waals surface area contributed by atoms with Gasteiger partial charge in [0.25, 0.3) is 5.91 Å². The Morgan fingerprint density at radius 3 is 2.63 bits per heavy atom. The van der Waals surface area contributed by atoms with Crippen LogP contribution < -0.4 is 5.32 Å². The van der Waals surface area contributed by atoms with Gasteiger partial charge >= 0.3 is 0 Å².